The average Bonchev–Trinajstić information content (AvgIpc) is 3.35. The molecule has 2 N–H and O–H groups in total. The molecule has 116 valence electrons. The molecular formula is C18H21NO3. The molecular weight excluding hydrogens is 278 g/mol. The van der Waals surface area contributed by atoms with E-state index in [1.807, 2.05) is 12.1 Å². The van der Waals surface area contributed by atoms with Crippen molar-refractivity contribution in [2.24, 2.45) is 0 Å². The molecule has 0 atom stereocenters. The molecule has 0 radical (unpaired) electrons. The van der Waals surface area contributed by atoms with Gasteiger partial charge in [-0.3, -0.25) is 9.59 Å². The monoisotopic (exact) mass is 299 g/mol. The fourth-order valence-electron chi connectivity index (χ4n) is 2.73. The second kappa shape index (κ2) is 5.95. The summed E-state index contributed by atoms with van der Waals surface area (Å²) in [6, 6.07) is 6.00. The van der Waals surface area contributed by atoms with Gasteiger partial charge in [-0.1, -0.05) is 11.6 Å². The molecule has 2 aliphatic rings. The first-order valence-corrected chi connectivity index (χ1v) is 7.89. The van der Waals surface area contributed by atoms with E-state index in [1.54, 1.807) is 6.92 Å². The molecule has 4 nitrogen and oxygen atoms in total. The van der Waals surface area contributed by atoms with Gasteiger partial charge in [-0.2, -0.15) is 0 Å². The van der Waals surface area contributed by atoms with E-state index in [-0.39, 0.29) is 12.2 Å². The van der Waals surface area contributed by atoms with E-state index in [9.17, 15) is 9.59 Å². The Bertz CT molecular complexity index is 650. The van der Waals surface area contributed by atoms with Crippen molar-refractivity contribution in [1.29, 1.82) is 0 Å². The first-order valence-electron chi connectivity index (χ1n) is 7.89. The topological polar surface area (TPSA) is 66.4 Å². The molecule has 1 aromatic rings. The van der Waals surface area contributed by atoms with Crippen molar-refractivity contribution in [3.8, 4) is 0 Å². The first-order chi connectivity index (χ1) is 10.5. The van der Waals surface area contributed by atoms with Crippen molar-refractivity contribution in [3.05, 3.63) is 40.6 Å². The molecule has 1 aromatic carbocycles. The molecule has 0 unspecified atom stereocenters. The quantitative estimate of drug-likeness (QED) is 0.744. The SMILES string of the molecule is CC(=O)c1ccc(C2CC2)cc1NC(CCC(=O)O)=C1CC1. The van der Waals surface area contributed by atoms with Gasteiger partial charge in [0.15, 0.2) is 5.78 Å². The van der Waals surface area contributed by atoms with Gasteiger partial charge in [0, 0.05) is 16.9 Å². The summed E-state index contributed by atoms with van der Waals surface area (Å²) in [5, 5.41) is 12.3. The van der Waals surface area contributed by atoms with Gasteiger partial charge in [0.1, 0.15) is 0 Å². The van der Waals surface area contributed by atoms with Gasteiger partial charge >= 0.3 is 5.97 Å². The van der Waals surface area contributed by atoms with Crippen LogP contribution in [0.15, 0.2) is 29.5 Å². The van der Waals surface area contributed by atoms with Crippen molar-refractivity contribution in [2.75, 3.05) is 5.32 Å². The minimum Gasteiger partial charge on any atom is -0.481 e. The van der Waals surface area contributed by atoms with Crippen LogP contribution in [0, 0.1) is 0 Å². The summed E-state index contributed by atoms with van der Waals surface area (Å²) in [6.45, 7) is 1.57. The maximum absolute atomic E-state index is 11.8. The Morgan fingerprint density at radius 1 is 1.23 bits per heavy atom. The van der Waals surface area contributed by atoms with E-state index in [4.69, 9.17) is 5.11 Å². The number of rotatable bonds is 7. The first kappa shape index (κ1) is 14.8. The third-order valence-corrected chi connectivity index (χ3v) is 4.27. The molecule has 0 aliphatic heterocycles. The highest BCUT2D eigenvalue weighted by molar-refractivity contribution is 6.00. The highest BCUT2D eigenvalue weighted by Gasteiger charge is 2.25. The standard InChI is InChI=1S/C18H21NO3/c1-11(20)15-7-6-14(12-2-3-12)10-17(15)19-16(13-4-5-13)8-9-18(21)22/h6-7,10,12,19H,2-5,8-9H2,1H3,(H,21,22). The summed E-state index contributed by atoms with van der Waals surface area (Å²) in [5.74, 6) is -0.139. The number of nitrogens with one attached hydrogen (secondary N) is 1. The van der Waals surface area contributed by atoms with E-state index in [2.05, 4.69) is 11.4 Å². The summed E-state index contributed by atoms with van der Waals surface area (Å²) in [4.78, 5) is 22.7. The second-order valence-electron chi connectivity index (χ2n) is 6.24. The molecule has 0 amide bonds. The number of hydrogen-bond acceptors (Lipinski definition) is 3. The molecule has 0 bridgehead atoms. The van der Waals surface area contributed by atoms with Gasteiger partial charge in [-0.25, -0.2) is 0 Å². The van der Waals surface area contributed by atoms with Gasteiger partial charge in [-0.15, -0.1) is 0 Å². The van der Waals surface area contributed by atoms with Gasteiger partial charge in [0.2, 0.25) is 0 Å². The maximum atomic E-state index is 11.8. The van der Waals surface area contributed by atoms with Gasteiger partial charge < -0.3 is 10.4 Å². The van der Waals surface area contributed by atoms with E-state index in [1.165, 1.54) is 24.0 Å². The zero-order chi connectivity index (χ0) is 15.7. The zero-order valence-electron chi connectivity index (χ0n) is 12.8. The van der Waals surface area contributed by atoms with Crippen molar-refractivity contribution in [3.63, 3.8) is 0 Å². The fourth-order valence-corrected chi connectivity index (χ4v) is 2.73. The lowest BCUT2D eigenvalue weighted by Gasteiger charge is -2.15. The zero-order valence-corrected chi connectivity index (χ0v) is 12.8. The summed E-state index contributed by atoms with van der Waals surface area (Å²) in [7, 11) is 0. The Labute approximate surface area is 130 Å². The van der Waals surface area contributed by atoms with E-state index in [0.29, 0.717) is 17.9 Å². The number of allylic oxidation sites excluding steroid dienone is 2. The smallest absolute Gasteiger partial charge is 0.303 e. The Balaban J connectivity index is 1.85. The Kier molecular flexibility index (Phi) is 4.01. The number of anilines is 1. The largest absolute Gasteiger partial charge is 0.481 e. The van der Waals surface area contributed by atoms with Crippen LogP contribution in [0.2, 0.25) is 0 Å². The van der Waals surface area contributed by atoms with Crippen LogP contribution < -0.4 is 5.32 Å². The molecule has 2 saturated carbocycles. The number of carboxylic acids is 1. The molecule has 4 heteroatoms. The number of hydrogen-bond donors (Lipinski definition) is 2. The van der Waals surface area contributed by atoms with Gasteiger partial charge in [0.05, 0.1) is 6.42 Å². The van der Waals surface area contributed by atoms with Crippen molar-refractivity contribution in [1.82, 2.24) is 0 Å². The van der Waals surface area contributed by atoms with Crippen LogP contribution in [0.25, 0.3) is 0 Å². The fraction of sp³-hybridized carbons (Fsp3) is 0.444. The minimum atomic E-state index is -0.793. The van der Waals surface area contributed by atoms with Crippen LogP contribution in [0.1, 0.15) is 67.3 Å². The number of aliphatic carboxylic acids is 1. The lowest BCUT2D eigenvalue weighted by molar-refractivity contribution is -0.136. The Morgan fingerprint density at radius 2 is 1.95 bits per heavy atom. The predicted molar refractivity (Wildman–Crippen MR) is 85.2 cm³/mol. The second-order valence-corrected chi connectivity index (χ2v) is 6.24. The van der Waals surface area contributed by atoms with Crippen molar-refractivity contribution < 1.29 is 14.7 Å². The van der Waals surface area contributed by atoms with Crippen LogP contribution in [0.3, 0.4) is 0 Å². The van der Waals surface area contributed by atoms with Crippen molar-refractivity contribution in [2.45, 2.75) is 51.4 Å². The number of Topliss-reactive ketones (excluding diaryl/α,β-unsaturated/α-hetero) is 1. The van der Waals surface area contributed by atoms with Gasteiger partial charge in [0.25, 0.3) is 0 Å². The van der Waals surface area contributed by atoms with Crippen molar-refractivity contribution >= 4 is 17.4 Å². The number of ketones is 1. The third kappa shape index (κ3) is 3.56. The lowest BCUT2D eigenvalue weighted by Crippen LogP contribution is -2.08. The summed E-state index contributed by atoms with van der Waals surface area (Å²) in [5.41, 5.74) is 5.05. The summed E-state index contributed by atoms with van der Waals surface area (Å²) in [6.07, 6.45) is 5.09. The lowest BCUT2D eigenvalue weighted by atomic mass is 10.0. The highest BCUT2D eigenvalue weighted by atomic mass is 16.4. The van der Waals surface area contributed by atoms with E-state index in [0.717, 1.165) is 24.2 Å². The molecule has 3 rings (SSSR count). The molecule has 0 aromatic heterocycles. The highest BCUT2D eigenvalue weighted by Crippen LogP contribution is 2.42. The minimum absolute atomic E-state index is 0.0308. The number of benzene rings is 1. The van der Waals surface area contributed by atoms with Crippen LogP contribution in [0.5, 0.6) is 0 Å². The molecule has 0 heterocycles. The molecule has 0 spiro atoms. The van der Waals surface area contributed by atoms with Crippen LogP contribution in [-0.2, 0) is 4.79 Å². The third-order valence-electron chi connectivity index (χ3n) is 4.27. The molecule has 2 fully saturated rings. The van der Waals surface area contributed by atoms with E-state index < -0.39 is 5.97 Å². The average molecular weight is 299 g/mol. The Morgan fingerprint density at radius 3 is 2.50 bits per heavy atom. The summed E-state index contributed by atoms with van der Waals surface area (Å²) < 4.78 is 0. The summed E-state index contributed by atoms with van der Waals surface area (Å²) >= 11 is 0. The number of carboxylic acid groups (broad SMARTS) is 1. The maximum Gasteiger partial charge on any atom is 0.303 e. The molecule has 2 aliphatic carbocycles. The van der Waals surface area contributed by atoms with Gasteiger partial charge in [-0.05, 0) is 62.6 Å². The van der Waals surface area contributed by atoms with E-state index >= 15 is 0 Å². The number of carbonyl (C=O) groups excluding carboxylic acids is 1. The van der Waals surface area contributed by atoms with Crippen LogP contribution in [0.4, 0.5) is 5.69 Å². The predicted octanol–water partition coefficient (Wildman–Crippen LogP) is 4.09. The Hall–Kier alpha value is -2.10. The van der Waals surface area contributed by atoms with Crippen LogP contribution in [-0.4, -0.2) is 16.9 Å². The molecule has 0 saturated heterocycles. The molecule has 22 heavy (non-hydrogen) atoms. The normalized spacial score (nSPS) is 16.3. The number of carbonyl (C=O) groups is 2. The van der Waals surface area contributed by atoms with Crippen LogP contribution >= 0.6 is 0 Å².